The number of nitrogens with two attached hydrogens (primary N) is 1. The molecule has 0 aliphatic carbocycles. The summed E-state index contributed by atoms with van der Waals surface area (Å²) in [5.41, 5.74) is 7.11. The van der Waals surface area contributed by atoms with Gasteiger partial charge in [0.1, 0.15) is 0 Å². The van der Waals surface area contributed by atoms with Gasteiger partial charge in [-0.25, -0.2) is 0 Å². The fraction of sp³-hybridized carbons (Fsp3) is 0.588. The number of benzene rings is 1. The second kappa shape index (κ2) is 9.60. The average molecular weight is 261 g/mol. The van der Waals surface area contributed by atoms with Gasteiger partial charge in [0.15, 0.2) is 0 Å². The first-order chi connectivity index (χ1) is 9.24. The molecule has 1 aromatic rings. The summed E-state index contributed by atoms with van der Waals surface area (Å²) in [7, 11) is 0. The smallest absolute Gasteiger partial charge is 0.248 e. The van der Waals surface area contributed by atoms with Gasteiger partial charge in [-0.1, -0.05) is 64.0 Å². The summed E-state index contributed by atoms with van der Waals surface area (Å²) in [5, 5.41) is 0. The highest BCUT2D eigenvalue weighted by Crippen LogP contribution is 2.12. The molecule has 2 N–H and O–H groups in total. The number of carbonyl (C=O) groups excluding carboxylic acids is 1. The Morgan fingerprint density at radius 1 is 0.895 bits per heavy atom. The number of unbranched alkanes of at least 4 members (excludes halogenated alkanes) is 7. The molecule has 0 fully saturated rings. The Morgan fingerprint density at radius 2 is 1.42 bits per heavy atom. The number of aryl methyl sites for hydroxylation is 1. The molecule has 0 spiro atoms. The van der Waals surface area contributed by atoms with E-state index in [-0.39, 0.29) is 5.91 Å². The summed E-state index contributed by atoms with van der Waals surface area (Å²) >= 11 is 0. The standard InChI is InChI=1S/C17H27NO/c1-2-3-4-5-6-7-8-9-10-15-11-13-16(14-12-15)17(18)19/h11-14H,2-10H2,1H3,(H2,18,19). The molecular weight excluding hydrogens is 234 g/mol. The Bertz CT molecular complexity index is 356. The van der Waals surface area contributed by atoms with Crippen molar-refractivity contribution >= 4 is 5.91 Å². The van der Waals surface area contributed by atoms with Gasteiger partial charge in [-0.15, -0.1) is 0 Å². The van der Waals surface area contributed by atoms with E-state index < -0.39 is 0 Å². The fourth-order valence-electron chi connectivity index (χ4n) is 2.30. The zero-order valence-corrected chi connectivity index (χ0v) is 12.2. The van der Waals surface area contributed by atoms with Crippen LogP contribution in [0.15, 0.2) is 24.3 Å². The maximum absolute atomic E-state index is 10.9. The molecule has 1 rings (SSSR count). The van der Waals surface area contributed by atoms with Crippen LogP contribution in [0.25, 0.3) is 0 Å². The molecule has 106 valence electrons. The second-order valence-corrected chi connectivity index (χ2v) is 5.29. The van der Waals surface area contributed by atoms with Crippen LogP contribution in [0.2, 0.25) is 0 Å². The number of primary amides is 1. The Balaban J connectivity index is 2.07. The first kappa shape index (κ1) is 15.7. The summed E-state index contributed by atoms with van der Waals surface area (Å²) in [6.07, 6.45) is 11.9. The van der Waals surface area contributed by atoms with Crippen molar-refractivity contribution in [1.82, 2.24) is 0 Å². The van der Waals surface area contributed by atoms with Crippen LogP contribution in [-0.2, 0) is 6.42 Å². The van der Waals surface area contributed by atoms with Crippen LogP contribution in [-0.4, -0.2) is 5.91 Å². The Hall–Kier alpha value is -1.31. The molecule has 0 unspecified atom stereocenters. The van der Waals surface area contributed by atoms with Crippen LogP contribution in [0.3, 0.4) is 0 Å². The molecule has 0 aliphatic rings. The van der Waals surface area contributed by atoms with Gasteiger partial charge >= 0.3 is 0 Å². The zero-order chi connectivity index (χ0) is 13.9. The number of hydrogen-bond acceptors (Lipinski definition) is 1. The lowest BCUT2D eigenvalue weighted by molar-refractivity contribution is 0.100. The highest BCUT2D eigenvalue weighted by molar-refractivity contribution is 5.92. The molecule has 2 nitrogen and oxygen atoms in total. The van der Waals surface area contributed by atoms with Gasteiger partial charge in [-0.05, 0) is 30.5 Å². The molecule has 2 heteroatoms. The van der Waals surface area contributed by atoms with Crippen molar-refractivity contribution < 1.29 is 4.79 Å². The Labute approximate surface area is 117 Å². The molecular formula is C17H27NO. The van der Waals surface area contributed by atoms with Crippen molar-refractivity contribution in [2.75, 3.05) is 0 Å². The van der Waals surface area contributed by atoms with Gasteiger partial charge in [-0.2, -0.15) is 0 Å². The number of rotatable bonds is 10. The van der Waals surface area contributed by atoms with Gasteiger partial charge in [0.2, 0.25) is 5.91 Å². The van der Waals surface area contributed by atoms with E-state index in [1.165, 1.54) is 56.9 Å². The van der Waals surface area contributed by atoms with Crippen molar-refractivity contribution in [2.45, 2.75) is 64.7 Å². The van der Waals surface area contributed by atoms with Crippen LogP contribution < -0.4 is 5.73 Å². The largest absolute Gasteiger partial charge is 0.366 e. The van der Waals surface area contributed by atoms with Crippen LogP contribution in [0.1, 0.15) is 74.2 Å². The lowest BCUT2D eigenvalue weighted by atomic mass is 10.0. The molecule has 0 aromatic heterocycles. The van der Waals surface area contributed by atoms with Crippen LogP contribution in [0, 0.1) is 0 Å². The van der Waals surface area contributed by atoms with E-state index in [0.717, 1.165) is 6.42 Å². The lowest BCUT2D eigenvalue weighted by Gasteiger charge is -2.03. The Kier molecular flexibility index (Phi) is 7.95. The number of hydrogen-bond donors (Lipinski definition) is 1. The predicted molar refractivity (Wildman–Crippen MR) is 81.3 cm³/mol. The molecule has 1 aromatic carbocycles. The molecule has 0 saturated heterocycles. The molecule has 0 saturated carbocycles. The molecule has 0 aliphatic heterocycles. The zero-order valence-electron chi connectivity index (χ0n) is 12.2. The van der Waals surface area contributed by atoms with Gasteiger partial charge in [0.25, 0.3) is 0 Å². The van der Waals surface area contributed by atoms with E-state index in [4.69, 9.17) is 5.73 Å². The summed E-state index contributed by atoms with van der Waals surface area (Å²) in [5.74, 6) is -0.348. The van der Waals surface area contributed by atoms with Crippen LogP contribution in [0.5, 0.6) is 0 Å². The molecule has 0 radical (unpaired) electrons. The van der Waals surface area contributed by atoms with Gasteiger partial charge < -0.3 is 5.73 Å². The quantitative estimate of drug-likeness (QED) is 0.620. The van der Waals surface area contributed by atoms with E-state index in [1.54, 1.807) is 0 Å². The highest BCUT2D eigenvalue weighted by atomic mass is 16.1. The molecule has 19 heavy (non-hydrogen) atoms. The van der Waals surface area contributed by atoms with E-state index in [0.29, 0.717) is 5.56 Å². The van der Waals surface area contributed by atoms with Gasteiger partial charge in [0, 0.05) is 5.56 Å². The average Bonchev–Trinajstić information content (AvgIpc) is 2.42. The van der Waals surface area contributed by atoms with Crippen LogP contribution >= 0.6 is 0 Å². The van der Waals surface area contributed by atoms with Crippen molar-refractivity contribution in [3.63, 3.8) is 0 Å². The number of amides is 1. The van der Waals surface area contributed by atoms with Crippen molar-refractivity contribution in [3.8, 4) is 0 Å². The maximum Gasteiger partial charge on any atom is 0.248 e. The van der Waals surface area contributed by atoms with Crippen molar-refractivity contribution in [3.05, 3.63) is 35.4 Å². The fourth-order valence-corrected chi connectivity index (χ4v) is 2.30. The third kappa shape index (κ3) is 7.00. The predicted octanol–water partition coefficient (Wildman–Crippen LogP) is 4.47. The topological polar surface area (TPSA) is 43.1 Å². The normalized spacial score (nSPS) is 10.6. The minimum Gasteiger partial charge on any atom is -0.366 e. The van der Waals surface area contributed by atoms with E-state index in [1.807, 2.05) is 24.3 Å². The third-order valence-corrected chi connectivity index (χ3v) is 3.56. The summed E-state index contributed by atoms with van der Waals surface area (Å²) in [6.45, 7) is 2.25. The molecule has 1 amide bonds. The highest BCUT2D eigenvalue weighted by Gasteiger charge is 1.99. The van der Waals surface area contributed by atoms with E-state index >= 15 is 0 Å². The van der Waals surface area contributed by atoms with Crippen molar-refractivity contribution in [1.29, 1.82) is 0 Å². The summed E-state index contributed by atoms with van der Waals surface area (Å²) in [4.78, 5) is 10.9. The molecule has 0 atom stereocenters. The van der Waals surface area contributed by atoms with Crippen molar-refractivity contribution in [2.24, 2.45) is 5.73 Å². The second-order valence-electron chi connectivity index (χ2n) is 5.29. The monoisotopic (exact) mass is 261 g/mol. The van der Waals surface area contributed by atoms with E-state index in [2.05, 4.69) is 6.92 Å². The van der Waals surface area contributed by atoms with Gasteiger partial charge in [-0.3, -0.25) is 4.79 Å². The molecule has 0 heterocycles. The minimum atomic E-state index is -0.348. The Morgan fingerprint density at radius 3 is 1.95 bits per heavy atom. The van der Waals surface area contributed by atoms with Gasteiger partial charge in [0.05, 0.1) is 0 Å². The first-order valence-electron chi connectivity index (χ1n) is 7.62. The lowest BCUT2D eigenvalue weighted by Crippen LogP contribution is -2.10. The molecule has 0 bridgehead atoms. The first-order valence-corrected chi connectivity index (χ1v) is 7.62. The number of carbonyl (C=O) groups is 1. The van der Waals surface area contributed by atoms with Crippen LogP contribution in [0.4, 0.5) is 0 Å². The minimum absolute atomic E-state index is 0.348. The maximum atomic E-state index is 10.9. The van der Waals surface area contributed by atoms with E-state index in [9.17, 15) is 4.79 Å². The summed E-state index contributed by atoms with van der Waals surface area (Å²) < 4.78 is 0. The SMILES string of the molecule is CCCCCCCCCCc1ccc(C(N)=O)cc1. The third-order valence-electron chi connectivity index (χ3n) is 3.56. The summed E-state index contributed by atoms with van der Waals surface area (Å²) in [6, 6.07) is 7.67.